The first-order valence-corrected chi connectivity index (χ1v) is 14.4. The average Bonchev–Trinajstić information content (AvgIpc) is 3.29. The second-order valence-corrected chi connectivity index (χ2v) is 10.6. The minimum Gasteiger partial charge on any atom is -0.463 e. The van der Waals surface area contributed by atoms with Gasteiger partial charge in [-0.05, 0) is 55.8 Å². The molecule has 2 aromatic heterocycles. The quantitative estimate of drug-likeness (QED) is 0.125. The van der Waals surface area contributed by atoms with E-state index in [1.807, 2.05) is 12.1 Å². The number of imidazole rings is 1. The number of hydrogen-bond donors (Lipinski definition) is 5. The molecule has 0 saturated carbocycles. The van der Waals surface area contributed by atoms with Crippen molar-refractivity contribution in [2.24, 2.45) is 11.8 Å². The van der Waals surface area contributed by atoms with Crippen LogP contribution in [0.15, 0.2) is 29.1 Å². The summed E-state index contributed by atoms with van der Waals surface area (Å²) in [5, 5.41) is 5.29. The van der Waals surface area contributed by atoms with Crippen molar-refractivity contribution in [3.05, 3.63) is 45.9 Å². The van der Waals surface area contributed by atoms with Crippen molar-refractivity contribution >= 4 is 28.8 Å². The number of rotatable bonds is 15. The molecule has 0 unspecified atom stereocenters. The molecular formula is C28H41N9O5. The van der Waals surface area contributed by atoms with Crippen LogP contribution in [-0.4, -0.2) is 75.6 Å². The largest absolute Gasteiger partial charge is 0.463 e. The van der Waals surface area contributed by atoms with Gasteiger partial charge in [0, 0.05) is 13.1 Å². The van der Waals surface area contributed by atoms with Crippen molar-refractivity contribution in [1.82, 2.24) is 35.1 Å². The normalized spacial score (nSPS) is 14.2. The molecule has 0 aliphatic carbocycles. The summed E-state index contributed by atoms with van der Waals surface area (Å²) in [7, 11) is 0. The van der Waals surface area contributed by atoms with E-state index in [-0.39, 0.29) is 36.6 Å². The van der Waals surface area contributed by atoms with Crippen molar-refractivity contribution in [2.75, 3.05) is 45.1 Å². The highest BCUT2D eigenvalue weighted by Crippen LogP contribution is 2.22. The summed E-state index contributed by atoms with van der Waals surface area (Å²) < 4.78 is 7.17. The summed E-state index contributed by atoms with van der Waals surface area (Å²) in [6.45, 7) is 5.96. The lowest BCUT2D eigenvalue weighted by molar-refractivity contribution is -0.129. The Morgan fingerprint density at radius 3 is 2.48 bits per heavy atom. The van der Waals surface area contributed by atoms with E-state index >= 15 is 0 Å². The molecule has 0 spiro atoms. The zero-order chi connectivity index (χ0) is 29.9. The molecule has 2 amide bonds. The fourth-order valence-corrected chi connectivity index (χ4v) is 4.96. The number of carbonyl (C=O) groups excluding carboxylic acids is 2. The van der Waals surface area contributed by atoms with Gasteiger partial charge >= 0.3 is 11.7 Å². The van der Waals surface area contributed by atoms with E-state index in [0.29, 0.717) is 36.8 Å². The van der Waals surface area contributed by atoms with Crippen molar-refractivity contribution in [3.8, 4) is 6.01 Å². The van der Waals surface area contributed by atoms with Crippen LogP contribution in [0.4, 0.5) is 5.82 Å². The Bertz CT molecular complexity index is 1380. The molecule has 3 heterocycles. The maximum absolute atomic E-state index is 12.7. The number of nitrogens with one attached hydrogen (secondary N) is 3. The maximum Gasteiger partial charge on any atom is 0.328 e. The molecule has 14 heteroatoms. The van der Waals surface area contributed by atoms with Crippen LogP contribution in [-0.2, 0) is 27.5 Å². The Balaban J connectivity index is 1.23. The number of nitrogen functional groups attached to an aromatic ring is 1. The summed E-state index contributed by atoms with van der Waals surface area (Å²) >= 11 is 0. The molecule has 1 aliphatic heterocycles. The Morgan fingerprint density at radius 2 is 1.79 bits per heavy atom. The topological polar surface area (TPSA) is 196 Å². The number of H-pyrrole nitrogens is 1. The first-order valence-electron chi connectivity index (χ1n) is 14.4. The summed E-state index contributed by atoms with van der Waals surface area (Å²) in [5.74, 6) is 4.92. The highest BCUT2D eigenvalue weighted by molar-refractivity contribution is 5.85. The number of carbonyl (C=O) groups is 2. The van der Waals surface area contributed by atoms with Crippen LogP contribution in [0, 0.1) is 5.92 Å². The Morgan fingerprint density at radius 1 is 1.07 bits per heavy atom. The molecule has 1 aliphatic rings. The predicted molar refractivity (Wildman–Crippen MR) is 157 cm³/mol. The van der Waals surface area contributed by atoms with E-state index in [0.717, 1.165) is 57.3 Å². The van der Waals surface area contributed by atoms with Gasteiger partial charge in [0.1, 0.15) is 12.1 Å². The monoisotopic (exact) mass is 583 g/mol. The molecular weight excluding hydrogens is 542 g/mol. The Kier molecular flexibility index (Phi) is 11.3. The smallest absolute Gasteiger partial charge is 0.328 e. The molecule has 4 rings (SSSR count). The molecule has 14 nitrogen and oxygen atoms in total. The number of nitrogens with two attached hydrogens (primary N) is 2. The molecule has 0 radical (unpaired) electrons. The van der Waals surface area contributed by atoms with Crippen LogP contribution in [0.2, 0.25) is 0 Å². The Hall–Kier alpha value is -4.01. The highest BCUT2D eigenvalue weighted by atomic mass is 16.6. The minimum absolute atomic E-state index is 0.0873. The van der Waals surface area contributed by atoms with E-state index in [9.17, 15) is 14.4 Å². The van der Waals surface area contributed by atoms with Gasteiger partial charge in [0.25, 0.3) is 0 Å². The summed E-state index contributed by atoms with van der Waals surface area (Å²) in [5.41, 5.74) is 8.78. The van der Waals surface area contributed by atoms with E-state index in [2.05, 4.69) is 54.4 Å². The number of fused-ring (bicyclic) bond motifs is 1. The molecule has 3 aromatic rings. The molecule has 7 N–H and O–H groups in total. The number of aromatic amines is 1. The lowest BCUT2D eigenvalue weighted by Gasteiger charge is -2.32. The SMILES string of the molecule is CCCCOc1nc(N)c2[nH]c(=O)n(Cc3ccc(CN4CCC(CCNC(=O)CNC(=O)CON)CC4)cc3)c2n1. The standard InChI is InChI=1S/C28H41N9O5/c1-2-3-14-41-27-34-25(29)24-26(35-27)37(28(40)33-24)17-21-6-4-20(5-7-21)16-36-12-9-19(10-13-36)8-11-31-22(38)15-32-23(39)18-42-30/h4-7,19H,2-3,8-18,30H2,1H3,(H,31,38)(H,32,39)(H,33,40)(H2,29,34,35). The van der Waals surface area contributed by atoms with Gasteiger partial charge in [-0.15, -0.1) is 0 Å². The summed E-state index contributed by atoms with van der Waals surface area (Å²) in [4.78, 5) is 53.9. The molecule has 1 fully saturated rings. The molecule has 1 aromatic carbocycles. The number of hydrogen-bond acceptors (Lipinski definition) is 10. The van der Waals surface area contributed by atoms with Crippen LogP contribution in [0.1, 0.15) is 50.2 Å². The zero-order valence-corrected chi connectivity index (χ0v) is 24.1. The van der Waals surface area contributed by atoms with Crippen molar-refractivity contribution < 1.29 is 19.2 Å². The van der Waals surface area contributed by atoms with Crippen molar-refractivity contribution in [3.63, 3.8) is 0 Å². The summed E-state index contributed by atoms with van der Waals surface area (Å²) in [6.07, 6.45) is 4.90. The number of benzene rings is 1. The number of unbranched alkanes of at least 4 members (excludes halogenated alkanes) is 1. The summed E-state index contributed by atoms with van der Waals surface area (Å²) in [6, 6.07) is 8.43. The maximum atomic E-state index is 12.7. The molecule has 1 saturated heterocycles. The van der Waals surface area contributed by atoms with Crippen LogP contribution in [0.25, 0.3) is 11.2 Å². The lowest BCUT2D eigenvalue weighted by atomic mass is 9.93. The van der Waals surface area contributed by atoms with Crippen molar-refractivity contribution in [2.45, 2.75) is 52.1 Å². The molecule has 0 bridgehead atoms. The van der Waals surface area contributed by atoms with Crippen LogP contribution in [0.3, 0.4) is 0 Å². The lowest BCUT2D eigenvalue weighted by Crippen LogP contribution is -2.40. The van der Waals surface area contributed by atoms with E-state index in [1.165, 1.54) is 5.56 Å². The van der Waals surface area contributed by atoms with Crippen molar-refractivity contribution in [1.29, 1.82) is 0 Å². The first kappa shape index (κ1) is 30.9. The molecule has 42 heavy (non-hydrogen) atoms. The van der Waals surface area contributed by atoms with Crippen LogP contribution >= 0.6 is 0 Å². The zero-order valence-electron chi connectivity index (χ0n) is 24.1. The van der Waals surface area contributed by atoms with Gasteiger partial charge in [-0.3, -0.25) is 23.9 Å². The number of likely N-dealkylation sites (tertiary alicyclic amines) is 1. The van der Waals surface area contributed by atoms with E-state index < -0.39 is 5.91 Å². The van der Waals surface area contributed by atoms with E-state index in [4.69, 9.17) is 16.4 Å². The molecule has 228 valence electrons. The highest BCUT2D eigenvalue weighted by Gasteiger charge is 2.20. The Labute approximate surface area is 244 Å². The minimum atomic E-state index is -0.428. The van der Waals surface area contributed by atoms with Gasteiger partial charge in [0.05, 0.1) is 19.7 Å². The third-order valence-electron chi connectivity index (χ3n) is 7.37. The number of ether oxygens (including phenoxy) is 1. The fraction of sp³-hybridized carbons (Fsp3) is 0.536. The fourth-order valence-electron chi connectivity index (χ4n) is 4.96. The average molecular weight is 584 g/mol. The molecule has 0 atom stereocenters. The number of aromatic nitrogens is 4. The van der Waals surface area contributed by atoms with Gasteiger partial charge in [0.2, 0.25) is 11.8 Å². The van der Waals surface area contributed by atoms with E-state index in [1.54, 1.807) is 4.57 Å². The van der Waals surface area contributed by atoms with Gasteiger partial charge < -0.3 is 26.1 Å². The number of anilines is 1. The second kappa shape index (κ2) is 15.3. The number of piperidine rings is 1. The second-order valence-electron chi connectivity index (χ2n) is 10.6. The van der Waals surface area contributed by atoms with Gasteiger partial charge in [-0.1, -0.05) is 37.6 Å². The predicted octanol–water partition coefficient (Wildman–Crippen LogP) is 0.654. The van der Waals surface area contributed by atoms with Crippen LogP contribution < -0.4 is 32.7 Å². The van der Waals surface area contributed by atoms with Gasteiger partial charge in [0.15, 0.2) is 11.5 Å². The van der Waals surface area contributed by atoms with Gasteiger partial charge in [-0.25, -0.2) is 10.7 Å². The first-order chi connectivity index (χ1) is 20.4. The third-order valence-corrected chi connectivity index (χ3v) is 7.37. The number of nitrogens with zero attached hydrogens (tertiary/aromatic N) is 4. The number of amides is 2. The van der Waals surface area contributed by atoms with Crippen LogP contribution in [0.5, 0.6) is 6.01 Å². The van der Waals surface area contributed by atoms with Gasteiger partial charge in [-0.2, -0.15) is 9.97 Å². The third kappa shape index (κ3) is 8.74.